The van der Waals surface area contributed by atoms with Gasteiger partial charge in [-0.1, -0.05) is 39.0 Å². The number of aliphatic hydroxyl groups is 1. The quantitative estimate of drug-likeness (QED) is 0.811. The van der Waals surface area contributed by atoms with Gasteiger partial charge < -0.3 is 10.4 Å². The molecule has 2 aliphatic carbocycles. The van der Waals surface area contributed by atoms with Crippen LogP contribution < -0.4 is 5.32 Å². The molecule has 2 rings (SSSR count). The molecule has 0 heterocycles. The first kappa shape index (κ1) is 15.8. The molecule has 116 valence electrons. The Labute approximate surface area is 123 Å². The van der Waals surface area contributed by atoms with Crippen molar-refractivity contribution in [2.45, 2.75) is 83.1 Å². The summed E-state index contributed by atoms with van der Waals surface area (Å²) in [5.74, 6) is 1.64. The lowest BCUT2D eigenvalue weighted by atomic mass is 9.77. The second kappa shape index (κ2) is 7.44. The highest BCUT2D eigenvalue weighted by atomic mass is 16.3. The molecule has 3 heteroatoms. The second-order valence-electron chi connectivity index (χ2n) is 7.21. The Kier molecular flexibility index (Phi) is 5.88. The van der Waals surface area contributed by atoms with Crippen molar-refractivity contribution < 1.29 is 9.90 Å². The van der Waals surface area contributed by atoms with Gasteiger partial charge in [-0.05, 0) is 43.9 Å². The van der Waals surface area contributed by atoms with Crippen molar-refractivity contribution in [2.24, 2.45) is 11.8 Å². The van der Waals surface area contributed by atoms with Gasteiger partial charge in [0.1, 0.15) is 0 Å². The molecule has 3 nitrogen and oxygen atoms in total. The number of carbonyl (C=O) groups excluding carboxylic acids is 1. The lowest BCUT2D eigenvalue weighted by molar-refractivity contribution is -0.124. The maximum Gasteiger partial charge on any atom is 0.220 e. The third-order valence-electron chi connectivity index (χ3n) is 5.44. The molecule has 2 aliphatic rings. The molecular formula is C17H31NO2. The molecule has 2 fully saturated rings. The lowest BCUT2D eigenvalue weighted by Gasteiger charge is -2.39. The molecule has 0 aliphatic heterocycles. The summed E-state index contributed by atoms with van der Waals surface area (Å²) in [4.78, 5) is 12.2. The van der Waals surface area contributed by atoms with Crippen LogP contribution in [0.2, 0.25) is 0 Å². The summed E-state index contributed by atoms with van der Waals surface area (Å²) in [6.07, 6.45) is 12.4. The van der Waals surface area contributed by atoms with Crippen molar-refractivity contribution in [3.63, 3.8) is 0 Å². The summed E-state index contributed by atoms with van der Waals surface area (Å²) >= 11 is 0. The fraction of sp³-hybridized carbons (Fsp3) is 0.941. The summed E-state index contributed by atoms with van der Waals surface area (Å²) in [7, 11) is 0. The van der Waals surface area contributed by atoms with Crippen molar-refractivity contribution in [3.05, 3.63) is 0 Å². The molecule has 0 atom stereocenters. The molecular weight excluding hydrogens is 250 g/mol. The van der Waals surface area contributed by atoms with Crippen LogP contribution in [0, 0.1) is 11.8 Å². The van der Waals surface area contributed by atoms with Crippen LogP contribution in [0.3, 0.4) is 0 Å². The summed E-state index contributed by atoms with van der Waals surface area (Å²) in [5, 5.41) is 12.8. The first-order valence-electron chi connectivity index (χ1n) is 8.55. The van der Waals surface area contributed by atoms with E-state index in [2.05, 4.69) is 12.2 Å². The SMILES string of the molecule is CC1CCC(CO)(NC(=O)CCC2CCCCC2)CC1. The van der Waals surface area contributed by atoms with E-state index in [1.165, 1.54) is 32.1 Å². The maximum atomic E-state index is 12.2. The van der Waals surface area contributed by atoms with Crippen molar-refractivity contribution in [3.8, 4) is 0 Å². The van der Waals surface area contributed by atoms with E-state index in [1.54, 1.807) is 0 Å². The average Bonchev–Trinajstić information content (AvgIpc) is 2.49. The normalized spacial score (nSPS) is 32.0. The van der Waals surface area contributed by atoms with Crippen LogP contribution in [0.1, 0.15) is 77.6 Å². The third kappa shape index (κ3) is 4.47. The number of hydrogen-bond acceptors (Lipinski definition) is 2. The molecule has 0 aromatic carbocycles. The minimum atomic E-state index is -0.323. The van der Waals surface area contributed by atoms with Crippen LogP contribution >= 0.6 is 0 Å². The maximum absolute atomic E-state index is 12.2. The monoisotopic (exact) mass is 281 g/mol. The van der Waals surface area contributed by atoms with Gasteiger partial charge in [0.25, 0.3) is 0 Å². The van der Waals surface area contributed by atoms with Gasteiger partial charge in [0.05, 0.1) is 12.1 Å². The molecule has 0 spiro atoms. The summed E-state index contributed by atoms with van der Waals surface area (Å²) in [6.45, 7) is 2.35. The van der Waals surface area contributed by atoms with Gasteiger partial charge in [-0.2, -0.15) is 0 Å². The standard InChI is InChI=1S/C17H31NO2/c1-14-9-11-17(13-19,12-10-14)18-16(20)8-7-15-5-3-2-4-6-15/h14-15,19H,2-13H2,1H3,(H,18,20). The smallest absolute Gasteiger partial charge is 0.220 e. The second-order valence-corrected chi connectivity index (χ2v) is 7.21. The number of amides is 1. The van der Waals surface area contributed by atoms with Crippen molar-refractivity contribution in [1.29, 1.82) is 0 Å². The van der Waals surface area contributed by atoms with E-state index in [-0.39, 0.29) is 18.1 Å². The van der Waals surface area contributed by atoms with Gasteiger partial charge in [0.15, 0.2) is 0 Å². The zero-order valence-corrected chi connectivity index (χ0v) is 13.0. The molecule has 1 amide bonds. The van der Waals surface area contributed by atoms with E-state index in [4.69, 9.17) is 0 Å². The molecule has 20 heavy (non-hydrogen) atoms. The van der Waals surface area contributed by atoms with Crippen LogP contribution in [0.25, 0.3) is 0 Å². The Balaban J connectivity index is 1.74. The van der Waals surface area contributed by atoms with E-state index >= 15 is 0 Å². The fourth-order valence-electron chi connectivity index (χ4n) is 3.81. The molecule has 0 aromatic rings. The highest BCUT2D eigenvalue weighted by molar-refractivity contribution is 5.76. The van der Waals surface area contributed by atoms with Gasteiger partial charge in [0.2, 0.25) is 5.91 Å². The Morgan fingerprint density at radius 1 is 1.15 bits per heavy atom. The van der Waals surface area contributed by atoms with Gasteiger partial charge in [0, 0.05) is 6.42 Å². The van der Waals surface area contributed by atoms with E-state index in [0.717, 1.165) is 43.9 Å². The van der Waals surface area contributed by atoms with Gasteiger partial charge in [-0.25, -0.2) is 0 Å². The number of hydrogen-bond donors (Lipinski definition) is 2. The Hall–Kier alpha value is -0.570. The molecule has 0 unspecified atom stereocenters. The van der Waals surface area contributed by atoms with Crippen LogP contribution in [-0.2, 0) is 4.79 Å². The van der Waals surface area contributed by atoms with Gasteiger partial charge in [-0.15, -0.1) is 0 Å². The van der Waals surface area contributed by atoms with Crippen molar-refractivity contribution in [1.82, 2.24) is 5.32 Å². The van der Waals surface area contributed by atoms with Crippen LogP contribution in [0.15, 0.2) is 0 Å². The first-order valence-corrected chi connectivity index (χ1v) is 8.55. The molecule has 2 saturated carbocycles. The molecule has 0 radical (unpaired) electrons. The number of aliphatic hydroxyl groups excluding tert-OH is 1. The summed E-state index contributed by atoms with van der Waals surface area (Å²) in [5.41, 5.74) is -0.323. The van der Waals surface area contributed by atoms with Gasteiger partial charge >= 0.3 is 0 Å². The highest BCUT2D eigenvalue weighted by Gasteiger charge is 2.34. The molecule has 2 N–H and O–H groups in total. The molecule has 0 bridgehead atoms. The van der Waals surface area contributed by atoms with Crippen molar-refractivity contribution in [2.75, 3.05) is 6.61 Å². The number of carbonyl (C=O) groups is 1. The lowest BCUT2D eigenvalue weighted by Crippen LogP contribution is -2.53. The van der Waals surface area contributed by atoms with Gasteiger partial charge in [-0.3, -0.25) is 4.79 Å². The molecule has 0 aromatic heterocycles. The zero-order chi connectivity index (χ0) is 14.4. The fourth-order valence-corrected chi connectivity index (χ4v) is 3.81. The predicted molar refractivity (Wildman–Crippen MR) is 81.4 cm³/mol. The van der Waals surface area contributed by atoms with Crippen LogP contribution in [-0.4, -0.2) is 23.2 Å². The molecule has 0 saturated heterocycles. The Morgan fingerprint density at radius 2 is 1.80 bits per heavy atom. The van der Waals surface area contributed by atoms with E-state index < -0.39 is 0 Å². The Morgan fingerprint density at radius 3 is 2.40 bits per heavy atom. The van der Waals surface area contributed by atoms with Crippen LogP contribution in [0.5, 0.6) is 0 Å². The van der Waals surface area contributed by atoms with E-state index in [0.29, 0.717) is 6.42 Å². The summed E-state index contributed by atoms with van der Waals surface area (Å²) < 4.78 is 0. The topological polar surface area (TPSA) is 49.3 Å². The highest BCUT2D eigenvalue weighted by Crippen LogP contribution is 2.32. The number of rotatable bonds is 5. The largest absolute Gasteiger partial charge is 0.394 e. The summed E-state index contributed by atoms with van der Waals surface area (Å²) in [6, 6.07) is 0. The van der Waals surface area contributed by atoms with E-state index in [9.17, 15) is 9.90 Å². The minimum Gasteiger partial charge on any atom is -0.394 e. The van der Waals surface area contributed by atoms with Crippen molar-refractivity contribution >= 4 is 5.91 Å². The zero-order valence-electron chi connectivity index (χ0n) is 13.0. The number of nitrogens with one attached hydrogen (secondary N) is 1. The van der Waals surface area contributed by atoms with Crippen LogP contribution in [0.4, 0.5) is 0 Å². The first-order chi connectivity index (χ1) is 9.63. The predicted octanol–water partition coefficient (Wildman–Crippen LogP) is 3.40. The van der Waals surface area contributed by atoms with E-state index in [1.807, 2.05) is 0 Å². The Bertz CT molecular complexity index is 302. The third-order valence-corrected chi connectivity index (χ3v) is 5.44. The minimum absolute atomic E-state index is 0.0922. The average molecular weight is 281 g/mol.